The van der Waals surface area contributed by atoms with Crippen molar-refractivity contribution in [2.45, 2.75) is 38.8 Å². The lowest BCUT2D eigenvalue weighted by atomic mass is 9.95. The van der Waals surface area contributed by atoms with Gasteiger partial charge < -0.3 is 10.1 Å². The van der Waals surface area contributed by atoms with Crippen LogP contribution >= 0.6 is 0 Å². The first-order chi connectivity index (χ1) is 10.3. The van der Waals surface area contributed by atoms with Gasteiger partial charge in [0.2, 0.25) is 0 Å². The van der Waals surface area contributed by atoms with Crippen molar-refractivity contribution in [2.75, 3.05) is 6.61 Å². The SMILES string of the molecule is Cc1ccc(CNC2CC2)cc1-c1cccc2c1OCC2. The Morgan fingerprint density at radius 2 is 2.05 bits per heavy atom. The summed E-state index contributed by atoms with van der Waals surface area (Å²) in [4.78, 5) is 0. The van der Waals surface area contributed by atoms with Crippen molar-refractivity contribution in [3.05, 3.63) is 53.1 Å². The van der Waals surface area contributed by atoms with Crippen LogP contribution in [0.4, 0.5) is 0 Å². The number of nitrogens with one attached hydrogen (secondary N) is 1. The fourth-order valence-corrected chi connectivity index (χ4v) is 3.05. The molecule has 2 nitrogen and oxygen atoms in total. The van der Waals surface area contributed by atoms with Gasteiger partial charge in [-0.15, -0.1) is 0 Å². The number of ether oxygens (including phenoxy) is 1. The smallest absolute Gasteiger partial charge is 0.130 e. The molecule has 4 rings (SSSR count). The summed E-state index contributed by atoms with van der Waals surface area (Å²) in [6.45, 7) is 3.96. The summed E-state index contributed by atoms with van der Waals surface area (Å²) < 4.78 is 5.87. The summed E-state index contributed by atoms with van der Waals surface area (Å²) >= 11 is 0. The molecule has 2 heteroatoms. The molecule has 0 aromatic heterocycles. The number of benzene rings is 2. The third kappa shape index (κ3) is 2.56. The summed E-state index contributed by atoms with van der Waals surface area (Å²) in [5, 5.41) is 3.59. The van der Waals surface area contributed by atoms with Gasteiger partial charge in [-0.3, -0.25) is 0 Å². The fourth-order valence-electron chi connectivity index (χ4n) is 3.05. The van der Waals surface area contributed by atoms with Crippen LogP contribution in [0.25, 0.3) is 11.1 Å². The highest BCUT2D eigenvalue weighted by Gasteiger charge is 2.21. The van der Waals surface area contributed by atoms with E-state index in [1.807, 2.05) is 0 Å². The largest absolute Gasteiger partial charge is 0.492 e. The lowest BCUT2D eigenvalue weighted by Gasteiger charge is -2.13. The highest BCUT2D eigenvalue weighted by Crippen LogP contribution is 2.38. The second-order valence-corrected chi connectivity index (χ2v) is 6.20. The van der Waals surface area contributed by atoms with Crippen molar-refractivity contribution in [1.29, 1.82) is 0 Å². The van der Waals surface area contributed by atoms with Gasteiger partial charge in [-0.1, -0.05) is 30.3 Å². The average Bonchev–Trinajstić information content (AvgIpc) is 3.21. The van der Waals surface area contributed by atoms with Crippen LogP contribution in [0.3, 0.4) is 0 Å². The zero-order valence-electron chi connectivity index (χ0n) is 12.5. The molecule has 0 atom stereocenters. The molecule has 1 N–H and O–H groups in total. The van der Waals surface area contributed by atoms with Crippen molar-refractivity contribution in [3.63, 3.8) is 0 Å². The Morgan fingerprint density at radius 3 is 2.90 bits per heavy atom. The summed E-state index contributed by atoms with van der Waals surface area (Å²) in [6.07, 6.45) is 3.70. The Labute approximate surface area is 126 Å². The third-order valence-corrected chi connectivity index (χ3v) is 4.48. The Balaban J connectivity index is 1.70. The number of fused-ring (bicyclic) bond motifs is 1. The van der Waals surface area contributed by atoms with Crippen LogP contribution in [0, 0.1) is 6.92 Å². The minimum Gasteiger partial charge on any atom is -0.492 e. The van der Waals surface area contributed by atoms with E-state index < -0.39 is 0 Å². The van der Waals surface area contributed by atoms with E-state index >= 15 is 0 Å². The maximum absolute atomic E-state index is 5.87. The summed E-state index contributed by atoms with van der Waals surface area (Å²) in [5.41, 5.74) is 6.57. The molecule has 1 fully saturated rings. The van der Waals surface area contributed by atoms with Gasteiger partial charge >= 0.3 is 0 Å². The number of hydrogen-bond donors (Lipinski definition) is 1. The first-order valence-corrected chi connectivity index (χ1v) is 7.89. The molecule has 21 heavy (non-hydrogen) atoms. The molecule has 108 valence electrons. The molecular weight excluding hydrogens is 258 g/mol. The highest BCUT2D eigenvalue weighted by molar-refractivity contribution is 5.75. The van der Waals surface area contributed by atoms with Crippen LogP contribution in [0.15, 0.2) is 36.4 Å². The second-order valence-electron chi connectivity index (χ2n) is 6.20. The molecular formula is C19H21NO. The number of rotatable bonds is 4. The Bertz CT molecular complexity index is 673. The first kappa shape index (κ1) is 12.9. The van der Waals surface area contributed by atoms with Gasteiger partial charge in [0.25, 0.3) is 0 Å². The van der Waals surface area contributed by atoms with Crippen molar-refractivity contribution in [2.24, 2.45) is 0 Å². The van der Waals surface area contributed by atoms with Gasteiger partial charge in [-0.25, -0.2) is 0 Å². The number of para-hydroxylation sites is 1. The van der Waals surface area contributed by atoms with Crippen LogP contribution < -0.4 is 10.1 Å². The molecule has 0 unspecified atom stereocenters. The van der Waals surface area contributed by atoms with Crippen LogP contribution in [-0.2, 0) is 13.0 Å². The molecule has 0 saturated heterocycles. The van der Waals surface area contributed by atoms with E-state index in [1.54, 1.807) is 0 Å². The van der Waals surface area contributed by atoms with Gasteiger partial charge in [0, 0.05) is 24.6 Å². The van der Waals surface area contributed by atoms with Gasteiger partial charge in [0.15, 0.2) is 0 Å². The maximum Gasteiger partial charge on any atom is 0.130 e. The van der Waals surface area contributed by atoms with Gasteiger partial charge in [-0.05, 0) is 48.1 Å². The number of hydrogen-bond acceptors (Lipinski definition) is 2. The van der Waals surface area contributed by atoms with Crippen molar-refractivity contribution >= 4 is 0 Å². The van der Waals surface area contributed by atoms with Gasteiger partial charge in [0.05, 0.1) is 6.61 Å². The monoisotopic (exact) mass is 279 g/mol. The lowest BCUT2D eigenvalue weighted by Crippen LogP contribution is -2.15. The van der Waals surface area contributed by atoms with E-state index in [9.17, 15) is 0 Å². The molecule has 1 heterocycles. The van der Waals surface area contributed by atoms with Crippen LogP contribution in [0.5, 0.6) is 5.75 Å². The molecule has 2 aliphatic rings. The summed E-state index contributed by atoms with van der Waals surface area (Å²) in [6, 6.07) is 14.1. The quantitative estimate of drug-likeness (QED) is 0.918. The Morgan fingerprint density at radius 1 is 1.14 bits per heavy atom. The molecule has 0 bridgehead atoms. The molecule has 0 amide bonds. The van der Waals surface area contributed by atoms with E-state index in [1.165, 1.54) is 40.7 Å². The van der Waals surface area contributed by atoms with E-state index in [0.29, 0.717) is 0 Å². The van der Waals surface area contributed by atoms with E-state index in [2.05, 4.69) is 48.6 Å². The summed E-state index contributed by atoms with van der Waals surface area (Å²) in [5.74, 6) is 1.09. The minimum absolute atomic E-state index is 0.749. The van der Waals surface area contributed by atoms with Gasteiger partial charge in [-0.2, -0.15) is 0 Å². The highest BCUT2D eigenvalue weighted by atomic mass is 16.5. The summed E-state index contributed by atoms with van der Waals surface area (Å²) in [7, 11) is 0. The third-order valence-electron chi connectivity index (χ3n) is 4.48. The van der Waals surface area contributed by atoms with Crippen LogP contribution in [0.2, 0.25) is 0 Å². The lowest BCUT2D eigenvalue weighted by molar-refractivity contribution is 0.358. The molecule has 0 radical (unpaired) electrons. The maximum atomic E-state index is 5.87. The zero-order valence-corrected chi connectivity index (χ0v) is 12.5. The second kappa shape index (κ2) is 5.19. The number of aryl methyl sites for hydroxylation is 1. The van der Waals surface area contributed by atoms with Gasteiger partial charge in [0.1, 0.15) is 5.75 Å². The zero-order chi connectivity index (χ0) is 14.2. The normalized spacial score (nSPS) is 16.6. The molecule has 1 aliphatic carbocycles. The van der Waals surface area contributed by atoms with Crippen LogP contribution in [-0.4, -0.2) is 12.6 Å². The molecule has 2 aromatic carbocycles. The van der Waals surface area contributed by atoms with E-state index in [-0.39, 0.29) is 0 Å². The Kier molecular flexibility index (Phi) is 3.19. The molecule has 1 aliphatic heterocycles. The molecule has 1 saturated carbocycles. The van der Waals surface area contributed by atoms with E-state index in [4.69, 9.17) is 4.74 Å². The van der Waals surface area contributed by atoms with Crippen molar-refractivity contribution in [1.82, 2.24) is 5.32 Å². The minimum atomic E-state index is 0.749. The molecule has 2 aromatic rings. The van der Waals surface area contributed by atoms with E-state index in [0.717, 1.165) is 31.4 Å². The average molecular weight is 279 g/mol. The van der Waals surface area contributed by atoms with Crippen molar-refractivity contribution in [3.8, 4) is 16.9 Å². The predicted molar refractivity (Wildman–Crippen MR) is 85.7 cm³/mol. The van der Waals surface area contributed by atoms with Crippen molar-refractivity contribution < 1.29 is 4.74 Å². The fraction of sp³-hybridized carbons (Fsp3) is 0.368. The first-order valence-electron chi connectivity index (χ1n) is 7.89. The molecule has 0 spiro atoms. The Hall–Kier alpha value is -1.80. The topological polar surface area (TPSA) is 21.3 Å². The van der Waals surface area contributed by atoms with Crippen LogP contribution in [0.1, 0.15) is 29.5 Å². The standard InChI is InChI=1S/C19H21NO/c1-13-5-6-14(12-20-16-7-8-16)11-18(13)17-4-2-3-15-9-10-21-19(15)17/h2-6,11,16,20H,7-10,12H2,1H3. The predicted octanol–water partition coefficient (Wildman–Crippen LogP) is 3.85.